The van der Waals surface area contributed by atoms with Gasteiger partial charge < -0.3 is 5.32 Å². The van der Waals surface area contributed by atoms with E-state index in [0.717, 1.165) is 16.9 Å². The summed E-state index contributed by atoms with van der Waals surface area (Å²) in [6.45, 7) is 4.18. The first-order chi connectivity index (χ1) is 17.4. The van der Waals surface area contributed by atoms with Crippen LogP contribution in [-0.2, 0) is 11.3 Å². The topological polar surface area (TPSA) is 84.2 Å². The van der Waals surface area contributed by atoms with Gasteiger partial charge in [0.1, 0.15) is 5.82 Å². The van der Waals surface area contributed by atoms with Crippen molar-refractivity contribution in [1.82, 2.24) is 20.2 Å². The van der Waals surface area contributed by atoms with Gasteiger partial charge in [-0.25, -0.2) is 9.82 Å². The van der Waals surface area contributed by atoms with Crippen molar-refractivity contribution in [3.05, 3.63) is 101 Å². The number of aryl methyl sites for hydroxylation is 1. The van der Waals surface area contributed by atoms with Crippen molar-refractivity contribution in [3.63, 3.8) is 0 Å². The zero-order valence-corrected chi connectivity index (χ0v) is 21.2. The normalized spacial score (nSPS) is 12.0. The van der Waals surface area contributed by atoms with E-state index in [1.807, 2.05) is 60.0 Å². The maximum absolute atomic E-state index is 13.0. The predicted octanol–water partition coefficient (Wildman–Crippen LogP) is 5.61. The van der Waals surface area contributed by atoms with Crippen LogP contribution in [0.2, 0.25) is 5.02 Å². The number of benzene rings is 3. The van der Waals surface area contributed by atoms with E-state index < -0.39 is 5.25 Å². The first-order valence-corrected chi connectivity index (χ1v) is 12.4. The van der Waals surface area contributed by atoms with Crippen LogP contribution in [0.25, 0.3) is 5.69 Å². The van der Waals surface area contributed by atoms with Crippen molar-refractivity contribution in [2.24, 2.45) is 5.10 Å². The van der Waals surface area contributed by atoms with Crippen LogP contribution in [0.1, 0.15) is 23.9 Å². The minimum atomic E-state index is -0.499. The lowest BCUT2D eigenvalue weighted by Gasteiger charge is -2.14. The van der Waals surface area contributed by atoms with Gasteiger partial charge in [0.25, 0.3) is 5.91 Å². The number of hydrogen-bond acceptors (Lipinski definition) is 6. The van der Waals surface area contributed by atoms with Crippen LogP contribution < -0.4 is 10.7 Å². The summed E-state index contributed by atoms with van der Waals surface area (Å²) in [6, 6.07) is 21.2. The summed E-state index contributed by atoms with van der Waals surface area (Å²) >= 11 is 7.35. The number of hydrogen-bond donors (Lipinski definition) is 2. The minimum Gasteiger partial charge on any atom is -0.378 e. The van der Waals surface area contributed by atoms with Crippen molar-refractivity contribution < 1.29 is 9.18 Å². The fourth-order valence-electron chi connectivity index (χ4n) is 3.35. The number of carbonyl (C=O) groups is 1. The molecular formula is C26H24ClFN6OS. The predicted molar refractivity (Wildman–Crippen MR) is 142 cm³/mol. The number of hydrazone groups is 1. The minimum absolute atomic E-state index is 0.294. The van der Waals surface area contributed by atoms with Gasteiger partial charge in [-0.3, -0.25) is 9.36 Å². The Labute approximate surface area is 217 Å². The number of para-hydroxylation sites is 1. The van der Waals surface area contributed by atoms with E-state index in [1.54, 1.807) is 19.1 Å². The maximum Gasteiger partial charge on any atom is 0.253 e. The fourth-order valence-corrected chi connectivity index (χ4v) is 4.46. The molecule has 4 aromatic rings. The number of amides is 1. The molecule has 36 heavy (non-hydrogen) atoms. The molecule has 0 saturated heterocycles. The molecule has 3 aromatic carbocycles. The summed E-state index contributed by atoms with van der Waals surface area (Å²) in [4.78, 5) is 12.6. The van der Waals surface area contributed by atoms with Gasteiger partial charge in [0.05, 0.1) is 18.0 Å². The van der Waals surface area contributed by atoms with Gasteiger partial charge in [-0.1, -0.05) is 53.7 Å². The van der Waals surface area contributed by atoms with Crippen molar-refractivity contribution in [2.75, 3.05) is 5.32 Å². The number of rotatable bonds is 9. The Kier molecular flexibility index (Phi) is 8.35. The summed E-state index contributed by atoms with van der Waals surface area (Å²) in [5, 5.41) is 16.9. The highest BCUT2D eigenvalue weighted by molar-refractivity contribution is 8.00. The third-order valence-electron chi connectivity index (χ3n) is 5.25. The van der Waals surface area contributed by atoms with Gasteiger partial charge in [0.2, 0.25) is 0 Å². The standard InChI is InChI=1S/C26H24ClFN6OS/c1-17-14-20(27)10-13-23(17)29-16-24-31-33-26(34(24)22-6-4-3-5-7-22)36-18(2)25(35)32-30-15-19-8-11-21(28)12-9-19/h3-15,18,29H,16H2,1-2H3,(H,32,35)/t18-/m0/s1. The fraction of sp³-hybridized carbons (Fsp3) is 0.154. The second-order valence-corrected chi connectivity index (χ2v) is 9.67. The zero-order chi connectivity index (χ0) is 25.5. The molecule has 1 atom stereocenters. The molecule has 2 N–H and O–H groups in total. The molecule has 0 fully saturated rings. The molecule has 0 bridgehead atoms. The molecule has 0 aliphatic heterocycles. The molecule has 0 spiro atoms. The van der Waals surface area contributed by atoms with Gasteiger partial charge in [0, 0.05) is 16.4 Å². The van der Waals surface area contributed by atoms with Gasteiger partial charge in [-0.05, 0) is 67.4 Å². The number of halogens is 2. The highest BCUT2D eigenvalue weighted by Gasteiger charge is 2.21. The number of nitrogens with one attached hydrogen (secondary N) is 2. The molecule has 0 saturated carbocycles. The monoisotopic (exact) mass is 522 g/mol. The van der Waals surface area contributed by atoms with E-state index in [9.17, 15) is 9.18 Å². The Morgan fingerprint density at radius 2 is 1.89 bits per heavy atom. The molecule has 1 heterocycles. The summed E-state index contributed by atoms with van der Waals surface area (Å²) in [6.07, 6.45) is 1.46. The van der Waals surface area contributed by atoms with E-state index in [0.29, 0.717) is 28.1 Å². The molecule has 0 aliphatic carbocycles. The van der Waals surface area contributed by atoms with Crippen LogP contribution in [0, 0.1) is 12.7 Å². The molecule has 1 amide bonds. The molecule has 0 radical (unpaired) electrons. The largest absolute Gasteiger partial charge is 0.378 e. The number of carbonyl (C=O) groups excluding carboxylic acids is 1. The van der Waals surface area contributed by atoms with E-state index >= 15 is 0 Å². The Morgan fingerprint density at radius 1 is 1.14 bits per heavy atom. The second kappa shape index (κ2) is 11.8. The summed E-state index contributed by atoms with van der Waals surface area (Å²) in [5.74, 6) is 0.0685. The number of anilines is 1. The van der Waals surface area contributed by atoms with Crippen molar-refractivity contribution in [1.29, 1.82) is 0 Å². The molecule has 10 heteroatoms. The molecule has 0 unspecified atom stereocenters. The molecule has 184 valence electrons. The van der Waals surface area contributed by atoms with Gasteiger partial charge in [-0.2, -0.15) is 5.10 Å². The summed E-state index contributed by atoms with van der Waals surface area (Å²) in [5.41, 5.74) is 6.05. The molecule has 4 rings (SSSR count). The lowest BCUT2D eigenvalue weighted by molar-refractivity contribution is -0.120. The highest BCUT2D eigenvalue weighted by atomic mass is 35.5. The number of thioether (sulfide) groups is 1. The molecule has 1 aromatic heterocycles. The van der Waals surface area contributed by atoms with E-state index in [4.69, 9.17) is 11.6 Å². The SMILES string of the molecule is Cc1cc(Cl)ccc1NCc1nnc(S[C@@H](C)C(=O)NN=Cc2ccc(F)cc2)n1-c1ccccc1. The van der Waals surface area contributed by atoms with Crippen LogP contribution in [-0.4, -0.2) is 32.1 Å². The maximum atomic E-state index is 13.0. The van der Waals surface area contributed by atoms with E-state index in [-0.39, 0.29) is 11.7 Å². The van der Waals surface area contributed by atoms with Crippen LogP contribution >= 0.6 is 23.4 Å². The highest BCUT2D eigenvalue weighted by Crippen LogP contribution is 2.27. The molecule has 0 aliphatic rings. The number of nitrogens with zero attached hydrogens (tertiary/aromatic N) is 4. The quantitative estimate of drug-likeness (QED) is 0.169. The van der Waals surface area contributed by atoms with Gasteiger partial charge in [0.15, 0.2) is 11.0 Å². The third kappa shape index (κ3) is 6.50. The Morgan fingerprint density at radius 3 is 2.61 bits per heavy atom. The van der Waals surface area contributed by atoms with Crippen LogP contribution in [0.3, 0.4) is 0 Å². The van der Waals surface area contributed by atoms with Crippen LogP contribution in [0.4, 0.5) is 10.1 Å². The molecule has 7 nitrogen and oxygen atoms in total. The number of aromatic nitrogens is 3. The van der Waals surface area contributed by atoms with E-state index in [2.05, 4.69) is 26.0 Å². The van der Waals surface area contributed by atoms with Crippen molar-refractivity contribution >= 4 is 41.2 Å². The first-order valence-electron chi connectivity index (χ1n) is 11.2. The summed E-state index contributed by atoms with van der Waals surface area (Å²) in [7, 11) is 0. The summed E-state index contributed by atoms with van der Waals surface area (Å²) < 4.78 is 15.0. The van der Waals surface area contributed by atoms with Gasteiger partial charge in [-0.15, -0.1) is 10.2 Å². The zero-order valence-electron chi connectivity index (χ0n) is 19.7. The van der Waals surface area contributed by atoms with Crippen molar-refractivity contribution in [3.8, 4) is 5.69 Å². The first kappa shape index (κ1) is 25.4. The Bertz CT molecular complexity index is 1360. The average Bonchev–Trinajstić information content (AvgIpc) is 3.27. The lowest BCUT2D eigenvalue weighted by Crippen LogP contribution is -2.27. The van der Waals surface area contributed by atoms with Crippen molar-refractivity contribution in [2.45, 2.75) is 30.8 Å². The Balaban J connectivity index is 1.48. The smallest absolute Gasteiger partial charge is 0.253 e. The third-order valence-corrected chi connectivity index (χ3v) is 6.53. The van der Waals surface area contributed by atoms with Crippen LogP contribution in [0.5, 0.6) is 0 Å². The average molecular weight is 523 g/mol. The Hall–Kier alpha value is -3.69. The van der Waals surface area contributed by atoms with E-state index in [1.165, 1.54) is 30.1 Å². The molecular weight excluding hydrogens is 499 g/mol. The lowest BCUT2D eigenvalue weighted by atomic mass is 10.2. The second-order valence-electron chi connectivity index (χ2n) is 7.93. The van der Waals surface area contributed by atoms with Gasteiger partial charge >= 0.3 is 0 Å². The van der Waals surface area contributed by atoms with Crippen LogP contribution in [0.15, 0.2) is 83.1 Å².